The first-order chi connectivity index (χ1) is 18.1. The number of hydrogen-bond acceptors (Lipinski definition) is 7. The summed E-state index contributed by atoms with van der Waals surface area (Å²) in [5.41, 5.74) is 0. The zero-order valence-corrected chi connectivity index (χ0v) is 20.3. The first kappa shape index (κ1) is 30.8. The molecule has 1 aliphatic heterocycles. The summed E-state index contributed by atoms with van der Waals surface area (Å²) >= 11 is 0. The molecule has 0 radical (unpaired) electrons. The van der Waals surface area contributed by atoms with E-state index in [0.717, 1.165) is 4.90 Å². The second-order valence-corrected chi connectivity index (χ2v) is 8.02. The highest BCUT2D eigenvalue weighted by Gasteiger charge is 2.28. The summed E-state index contributed by atoms with van der Waals surface area (Å²) in [6, 6.07) is 0. The fraction of sp³-hybridized carbons (Fsp3) is 0.500. The summed E-state index contributed by atoms with van der Waals surface area (Å²) in [5, 5.41) is 2.69. The van der Waals surface area contributed by atoms with Gasteiger partial charge in [0.1, 0.15) is 0 Å². The van der Waals surface area contributed by atoms with Crippen molar-refractivity contribution in [2.45, 2.75) is 38.5 Å². The molecule has 1 aromatic carbocycles. The Hall–Kier alpha value is -3.39. The Morgan fingerprint density at radius 1 is 0.711 bits per heavy atom. The number of esters is 1. The smallest absolute Gasteiger partial charge is 0.313 e. The molecule has 3 amide bonds. The van der Waals surface area contributed by atoms with Crippen molar-refractivity contribution in [2.75, 3.05) is 39.5 Å². The molecule has 210 valence electrons. The van der Waals surface area contributed by atoms with E-state index in [1.807, 2.05) is 0 Å². The zero-order chi connectivity index (χ0) is 28.1. The Balaban J connectivity index is 1.43. The Bertz CT molecular complexity index is 1000. The predicted octanol–water partition coefficient (Wildman–Crippen LogP) is 2.70. The predicted molar refractivity (Wildman–Crippen MR) is 120 cm³/mol. The van der Waals surface area contributed by atoms with E-state index in [1.165, 1.54) is 12.2 Å². The number of hydrogen-bond donors (Lipinski definition) is 1. The van der Waals surface area contributed by atoms with Gasteiger partial charge in [0, 0.05) is 44.9 Å². The van der Waals surface area contributed by atoms with E-state index in [1.54, 1.807) is 0 Å². The number of halogens is 5. The molecule has 1 aliphatic rings. The van der Waals surface area contributed by atoms with E-state index in [2.05, 4.69) is 10.1 Å². The van der Waals surface area contributed by atoms with Crippen LogP contribution >= 0.6 is 0 Å². The summed E-state index contributed by atoms with van der Waals surface area (Å²) in [6.45, 7) is 1.11. The van der Waals surface area contributed by atoms with Crippen LogP contribution in [0.1, 0.15) is 38.5 Å². The van der Waals surface area contributed by atoms with Gasteiger partial charge in [0.05, 0.1) is 19.6 Å². The fourth-order valence-corrected chi connectivity index (χ4v) is 3.20. The average Bonchev–Trinajstić information content (AvgIpc) is 3.21. The summed E-state index contributed by atoms with van der Waals surface area (Å²) < 4.78 is 80.9. The van der Waals surface area contributed by atoms with Gasteiger partial charge < -0.3 is 19.5 Å². The van der Waals surface area contributed by atoms with Crippen LogP contribution in [0.3, 0.4) is 0 Å². The molecule has 0 aliphatic carbocycles. The lowest BCUT2D eigenvalue weighted by Crippen LogP contribution is -2.31. The molecular weight excluding hydrogens is 523 g/mol. The molecule has 1 aromatic rings. The molecule has 0 atom stereocenters. The van der Waals surface area contributed by atoms with E-state index in [-0.39, 0.29) is 44.1 Å². The van der Waals surface area contributed by atoms with Crippen LogP contribution in [0.4, 0.5) is 22.0 Å². The van der Waals surface area contributed by atoms with Gasteiger partial charge in [-0.15, -0.1) is 0 Å². The highest BCUT2D eigenvalue weighted by atomic mass is 19.2. The highest BCUT2D eigenvalue weighted by molar-refractivity contribution is 6.12. The minimum atomic E-state index is -2.36. The van der Waals surface area contributed by atoms with Crippen LogP contribution in [0.25, 0.3) is 0 Å². The van der Waals surface area contributed by atoms with Crippen molar-refractivity contribution in [1.82, 2.24) is 10.2 Å². The van der Waals surface area contributed by atoms with Crippen LogP contribution < -0.4 is 10.1 Å². The molecule has 9 nitrogen and oxygen atoms in total. The van der Waals surface area contributed by atoms with E-state index in [4.69, 9.17) is 9.47 Å². The minimum absolute atomic E-state index is 0.148. The summed E-state index contributed by atoms with van der Waals surface area (Å²) in [6.07, 6.45) is 4.62. The molecule has 0 saturated carbocycles. The molecule has 0 aromatic heterocycles. The number of nitrogens with one attached hydrogen (secondary N) is 1. The van der Waals surface area contributed by atoms with Crippen molar-refractivity contribution in [3.8, 4) is 5.75 Å². The van der Waals surface area contributed by atoms with Crippen LogP contribution in [0.2, 0.25) is 0 Å². The Morgan fingerprint density at radius 2 is 1.29 bits per heavy atom. The molecule has 14 heteroatoms. The normalized spacial score (nSPS) is 12.9. The van der Waals surface area contributed by atoms with Crippen LogP contribution in [0.15, 0.2) is 12.2 Å². The van der Waals surface area contributed by atoms with Crippen molar-refractivity contribution in [3.05, 3.63) is 41.2 Å². The average molecular weight is 550 g/mol. The molecule has 0 unspecified atom stereocenters. The van der Waals surface area contributed by atoms with Gasteiger partial charge >= 0.3 is 5.97 Å². The Labute approximate surface area is 214 Å². The lowest BCUT2D eigenvalue weighted by Gasteiger charge is -2.13. The largest absolute Gasteiger partial charge is 0.420 e. The molecule has 0 fully saturated rings. The number of benzene rings is 1. The van der Waals surface area contributed by atoms with Gasteiger partial charge in [0.2, 0.25) is 40.7 Å². The number of rotatable bonds is 17. The molecule has 0 bridgehead atoms. The SMILES string of the molecule is O=C(CCCCCN1C(=O)C=CC1=O)NCCOCCCOCCC(=O)Oc1c(F)c(F)c(F)c(F)c1F. The monoisotopic (exact) mass is 550 g/mol. The van der Waals surface area contributed by atoms with E-state index < -0.39 is 47.2 Å². The van der Waals surface area contributed by atoms with Crippen molar-refractivity contribution < 1.29 is 55.3 Å². The van der Waals surface area contributed by atoms with Crippen LogP contribution in [0.5, 0.6) is 5.75 Å². The molecule has 0 saturated heterocycles. The third-order valence-corrected chi connectivity index (χ3v) is 5.17. The van der Waals surface area contributed by atoms with Crippen molar-refractivity contribution in [1.29, 1.82) is 0 Å². The topological polar surface area (TPSA) is 111 Å². The van der Waals surface area contributed by atoms with Crippen molar-refractivity contribution >= 4 is 23.7 Å². The molecular formula is C24H27F5N2O7. The lowest BCUT2D eigenvalue weighted by molar-refractivity contribution is -0.137. The van der Waals surface area contributed by atoms with Crippen LogP contribution in [-0.2, 0) is 28.7 Å². The zero-order valence-electron chi connectivity index (χ0n) is 20.3. The number of carbonyl (C=O) groups excluding carboxylic acids is 4. The Kier molecular flexibility index (Phi) is 12.8. The van der Waals surface area contributed by atoms with Gasteiger partial charge in [-0.05, 0) is 19.3 Å². The molecule has 38 heavy (non-hydrogen) atoms. The van der Waals surface area contributed by atoms with Crippen molar-refractivity contribution in [2.24, 2.45) is 0 Å². The molecule has 2 rings (SSSR count). The molecule has 1 heterocycles. The van der Waals surface area contributed by atoms with Gasteiger partial charge in [-0.3, -0.25) is 24.1 Å². The minimum Gasteiger partial charge on any atom is -0.420 e. The lowest BCUT2D eigenvalue weighted by atomic mass is 10.2. The van der Waals surface area contributed by atoms with Gasteiger partial charge in [0.25, 0.3) is 11.8 Å². The third kappa shape index (κ3) is 9.49. The number of amides is 3. The maximum Gasteiger partial charge on any atom is 0.313 e. The molecule has 0 spiro atoms. The number of nitrogens with zero attached hydrogens (tertiary/aromatic N) is 1. The first-order valence-electron chi connectivity index (χ1n) is 11.8. The number of unbranched alkanes of at least 4 members (excludes halogenated alkanes) is 2. The van der Waals surface area contributed by atoms with Crippen LogP contribution in [0, 0.1) is 29.1 Å². The standard InChI is InChI=1S/C24H27F5N2O7/c25-19-20(26)22(28)24(23(29)21(19)27)38-18(35)8-13-36-11-4-12-37-14-9-30-15(32)5-2-1-3-10-31-16(33)6-7-17(31)34/h6-7H,1-5,8-14H2,(H,30,32). The Morgan fingerprint density at radius 3 is 1.92 bits per heavy atom. The van der Waals surface area contributed by atoms with E-state index in [0.29, 0.717) is 45.2 Å². The fourth-order valence-electron chi connectivity index (χ4n) is 3.20. The first-order valence-corrected chi connectivity index (χ1v) is 11.8. The second kappa shape index (κ2) is 15.8. The molecule has 1 N–H and O–H groups in total. The summed E-state index contributed by atoms with van der Waals surface area (Å²) in [7, 11) is 0. The van der Waals surface area contributed by atoms with Gasteiger partial charge in [0.15, 0.2) is 0 Å². The maximum absolute atomic E-state index is 13.5. The maximum atomic E-state index is 13.5. The number of carbonyl (C=O) groups is 4. The summed E-state index contributed by atoms with van der Waals surface area (Å²) in [5.74, 6) is -15.0. The van der Waals surface area contributed by atoms with Gasteiger partial charge in [-0.1, -0.05) is 6.42 Å². The number of imide groups is 1. The quantitative estimate of drug-likeness (QED) is 0.0604. The van der Waals surface area contributed by atoms with E-state index in [9.17, 15) is 41.1 Å². The third-order valence-electron chi connectivity index (χ3n) is 5.17. The van der Waals surface area contributed by atoms with Crippen molar-refractivity contribution in [3.63, 3.8) is 0 Å². The van der Waals surface area contributed by atoms with Gasteiger partial charge in [-0.2, -0.15) is 8.78 Å². The number of ether oxygens (including phenoxy) is 3. The van der Waals surface area contributed by atoms with Gasteiger partial charge in [-0.25, -0.2) is 13.2 Å². The summed E-state index contributed by atoms with van der Waals surface area (Å²) in [4.78, 5) is 47.4. The van der Waals surface area contributed by atoms with Crippen LogP contribution in [-0.4, -0.2) is 68.1 Å². The second-order valence-electron chi connectivity index (χ2n) is 8.02. The van der Waals surface area contributed by atoms with E-state index >= 15 is 0 Å². The highest BCUT2D eigenvalue weighted by Crippen LogP contribution is 2.29.